The molecule has 192 valence electrons. The number of hydrogen-bond acceptors (Lipinski definition) is 8. The van der Waals surface area contributed by atoms with E-state index in [4.69, 9.17) is 19.2 Å². The minimum Gasteiger partial charge on any atom is -0.498 e. The topological polar surface area (TPSA) is 94.6 Å². The van der Waals surface area contributed by atoms with E-state index in [0.29, 0.717) is 43.4 Å². The first kappa shape index (κ1) is 25.9. The van der Waals surface area contributed by atoms with E-state index in [2.05, 4.69) is 15.6 Å². The highest BCUT2D eigenvalue weighted by atomic mass is 16.5. The maximum Gasteiger partial charge on any atom is 0.305 e. The van der Waals surface area contributed by atoms with Gasteiger partial charge in [0.2, 0.25) is 5.95 Å². The van der Waals surface area contributed by atoms with Crippen LogP contribution >= 0.6 is 0 Å². The number of nitrogens with one attached hydrogen (secondary N) is 2. The molecule has 0 aliphatic heterocycles. The lowest BCUT2D eigenvalue weighted by Crippen LogP contribution is -2.35. The van der Waals surface area contributed by atoms with Crippen molar-refractivity contribution >= 4 is 29.1 Å². The summed E-state index contributed by atoms with van der Waals surface area (Å²) in [4.78, 5) is 21.1. The van der Waals surface area contributed by atoms with E-state index in [-0.39, 0.29) is 5.97 Å². The fraction of sp³-hybridized carbons (Fsp3) is 0.276. The number of benzene rings is 2. The van der Waals surface area contributed by atoms with Crippen LogP contribution in [0, 0.1) is 0 Å². The van der Waals surface area contributed by atoms with Gasteiger partial charge in [-0.1, -0.05) is 55.0 Å². The number of methoxy groups -OCH3 is 2. The van der Waals surface area contributed by atoms with E-state index >= 15 is 0 Å². The molecule has 0 saturated heterocycles. The standard InChI is InChI=1S/C29H32N4O4/c1-4-26(34)37-18-17-21-15-16-25(35-2)29(19-21,36-3)24-20-30-28(32-23-13-9-6-10-14-23)33-27(24)31-22-11-7-5-8-12-22/h5-16,20H,4,17-19H2,1-3H3,(H2,30,31,32,33). The van der Waals surface area contributed by atoms with Gasteiger partial charge in [-0.25, -0.2) is 4.98 Å². The van der Waals surface area contributed by atoms with E-state index < -0.39 is 5.60 Å². The average Bonchev–Trinajstić information content (AvgIpc) is 2.94. The molecule has 3 aromatic rings. The minimum atomic E-state index is -0.976. The van der Waals surface area contributed by atoms with Crippen molar-refractivity contribution in [3.05, 3.63) is 95.9 Å². The van der Waals surface area contributed by atoms with E-state index in [0.717, 1.165) is 22.5 Å². The number of anilines is 4. The second-order valence-electron chi connectivity index (χ2n) is 8.53. The molecule has 1 aliphatic carbocycles. The van der Waals surface area contributed by atoms with E-state index in [1.807, 2.05) is 72.8 Å². The first-order chi connectivity index (χ1) is 18.1. The summed E-state index contributed by atoms with van der Waals surface area (Å²) in [6.45, 7) is 2.09. The highest BCUT2D eigenvalue weighted by molar-refractivity contribution is 5.69. The van der Waals surface area contributed by atoms with Crippen molar-refractivity contribution in [2.24, 2.45) is 0 Å². The summed E-state index contributed by atoms with van der Waals surface area (Å²) in [5, 5.41) is 6.70. The van der Waals surface area contributed by atoms with Crippen LogP contribution < -0.4 is 10.6 Å². The Hall–Kier alpha value is -4.17. The van der Waals surface area contributed by atoms with Gasteiger partial charge in [-0.05, 0) is 30.3 Å². The van der Waals surface area contributed by atoms with Crippen LogP contribution in [0.25, 0.3) is 0 Å². The van der Waals surface area contributed by atoms with E-state index in [9.17, 15) is 4.79 Å². The summed E-state index contributed by atoms with van der Waals surface area (Å²) in [7, 11) is 3.27. The third-order valence-corrected chi connectivity index (χ3v) is 6.18. The number of para-hydroxylation sites is 2. The number of allylic oxidation sites excluding steroid dienone is 2. The molecule has 37 heavy (non-hydrogen) atoms. The molecule has 2 aromatic carbocycles. The maximum absolute atomic E-state index is 11.6. The predicted octanol–water partition coefficient (Wildman–Crippen LogP) is 6.01. The van der Waals surface area contributed by atoms with Gasteiger partial charge < -0.3 is 24.8 Å². The van der Waals surface area contributed by atoms with Crippen molar-refractivity contribution in [2.75, 3.05) is 31.5 Å². The van der Waals surface area contributed by atoms with Crippen LogP contribution in [0.4, 0.5) is 23.1 Å². The van der Waals surface area contributed by atoms with Crippen LogP contribution in [0.1, 0.15) is 31.7 Å². The second-order valence-corrected chi connectivity index (χ2v) is 8.53. The van der Waals surface area contributed by atoms with Crippen molar-refractivity contribution in [1.82, 2.24) is 9.97 Å². The molecular weight excluding hydrogens is 468 g/mol. The van der Waals surface area contributed by atoms with Crippen molar-refractivity contribution in [1.29, 1.82) is 0 Å². The van der Waals surface area contributed by atoms with Crippen LogP contribution in [0.3, 0.4) is 0 Å². The summed E-state index contributed by atoms with van der Waals surface area (Å²) in [6, 6.07) is 19.6. The zero-order chi connectivity index (χ0) is 26.1. The first-order valence-corrected chi connectivity index (χ1v) is 12.2. The van der Waals surface area contributed by atoms with Gasteiger partial charge in [0, 0.05) is 43.9 Å². The molecule has 8 heteroatoms. The Kier molecular flexibility index (Phi) is 8.53. The Morgan fingerprint density at radius 3 is 2.27 bits per heavy atom. The number of aromatic nitrogens is 2. The fourth-order valence-electron chi connectivity index (χ4n) is 4.25. The summed E-state index contributed by atoms with van der Waals surface area (Å²) < 4.78 is 17.3. The molecule has 1 aromatic heterocycles. The van der Waals surface area contributed by atoms with Gasteiger partial charge in [0.1, 0.15) is 11.6 Å². The molecule has 0 spiro atoms. The predicted molar refractivity (Wildman–Crippen MR) is 144 cm³/mol. The molecule has 0 bridgehead atoms. The van der Waals surface area contributed by atoms with Crippen LogP contribution in [0.2, 0.25) is 0 Å². The monoisotopic (exact) mass is 500 g/mol. The Morgan fingerprint density at radius 1 is 0.973 bits per heavy atom. The molecule has 0 radical (unpaired) electrons. The largest absolute Gasteiger partial charge is 0.498 e. The Balaban J connectivity index is 1.71. The quantitative estimate of drug-likeness (QED) is 0.309. The number of hydrogen-bond donors (Lipinski definition) is 2. The molecule has 0 amide bonds. The van der Waals surface area contributed by atoms with Crippen molar-refractivity contribution in [3.63, 3.8) is 0 Å². The second kappa shape index (κ2) is 12.2. The SMILES string of the molecule is CCC(=O)OCCC1=CC=C(OC)C(OC)(c2cnc(Nc3ccccc3)nc2Nc2ccccc2)C1. The van der Waals surface area contributed by atoms with Crippen LogP contribution in [-0.4, -0.2) is 36.8 Å². The van der Waals surface area contributed by atoms with Crippen molar-refractivity contribution in [2.45, 2.75) is 31.8 Å². The average molecular weight is 501 g/mol. The first-order valence-electron chi connectivity index (χ1n) is 12.2. The molecule has 1 heterocycles. The van der Waals surface area contributed by atoms with E-state index in [1.54, 1.807) is 27.3 Å². The third kappa shape index (κ3) is 6.16. The highest BCUT2D eigenvalue weighted by Crippen LogP contribution is 2.45. The number of rotatable bonds is 11. The molecule has 1 atom stereocenters. The maximum atomic E-state index is 11.6. The van der Waals surface area contributed by atoms with Crippen LogP contribution in [-0.2, 0) is 24.6 Å². The van der Waals surface area contributed by atoms with Gasteiger partial charge in [0.15, 0.2) is 5.60 Å². The van der Waals surface area contributed by atoms with Gasteiger partial charge in [-0.3, -0.25) is 4.79 Å². The summed E-state index contributed by atoms with van der Waals surface area (Å²) in [6.07, 6.45) is 7.08. The van der Waals surface area contributed by atoms with E-state index in [1.165, 1.54) is 0 Å². The number of ether oxygens (including phenoxy) is 3. The molecule has 0 fully saturated rings. The summed E-state index contributed by atoms with van der Waals surface area (Å²) in [5.41, 5.74) is 2.56. The summed E-state index contributed by atoms with van der Waals surface area (Å²) >= 11 is 0. The third-order valence-electron chi connectivity index (χ3n) is 6.18. The Bertz CT molecular complexity index is 1260. The Morgan fingerprint density at radius 2 is 1.65 bits per heavy atom. The summed E-state index contributed by atoms with van der Waals surface area (Å²) in [5.74, 6) is 1.45. The zero-order valence-electron chi connectivity index (χ0n) is 21.4. The van der Waals surface area contributed by atoms with Gasteiger partial charge >= 0.3 is 5.97 Å². The molecule has 0 saturated carbocycles. The van der Waals surface area contributed by atoms with Crippen LogP contribution in [0.15, 0.2) is 90.3 Å². The molecule has 4 rings (SSSR count). The minimum absolute atomic E-state index is 0.216. The lowest BCUT2D eigenvalue weighted by molar-refractivity contribution is -0.143. The van der Waals surface area contributed by atoms with Crippen molar-refractivity contribution in [3.8, 4) is 0 Å². The molecular formula is C29H32N4O4. The van der Waals surface area contributed by atoms with Gasteiger partial charge in [-0.2, -0.15) is 4.98 Å². The fourth-order valence-corrected chi connectivity index (χ4v) is 4.25. The number of esters is 1. The van der Waals surface area contributed by atoms with Gasteiger partial charge in [-0.15, -0.1) is 0 Å². The van der Waals surface area contributed by atoms with Gasteiger partial charge in [0.25, 0.3) is 0 Å². The van der Waals surface area contributed by atoms with Gasteiger partial charge in [0.05, 0.1) is 19.3 Å². The lowest BCUT2D eigenvalue weighted by atomic mass is 9.81. The zero-order valence-corrected chi connectivity index (χ0v) is 21.4. The van der Waals surface area contributed by atoms with Crippen LogP contribution in [0.5, 0.6) is 0 Å². The molecule has 2 N–H and O–H groups in total. The normalized spacial score (nSPS) is 16.8. The van der Waals surface area contributed by atoms with Crippen molar-refractivity contribution < 1.29 is 19.0 Å². The molecule has 1 aliphatic rings. The molecule has 1 unspecified atom stereocenters. The smallest absolute Gasteiger partial charge is 0.305 e. The number of carbonyl (C=O) groups excluding carboxylic acids is 1. The Labute approximate surface area is 217 Å². The number of nitrogens with zero attached hydrogens (tertiary/aromatic N) is 2. The highest BCUT2D eigenvalue weighted by Gasteiger charge is 2.43. The number of carbonyl (C=O) groups is 1. The molecule has 8 nitrogen and oxygen atoms in total. The lowest BCUT2D eigenvalue weighted by Gasteiger charge is -2.37.